The predicted molar refractivity (Wildman–Crippen MR) is 88.9 cm³/mol. The maximum Gasteiger partial charge on any atom is 0.488 e. The molecule has 0 bridgehead atoms. The number of piperazine rings is 1. The van der Waals surface area contributed by atoms with Crippen LogP contribution in [-0.4, -0.2) is 34.6 Å². The van der Waals surface area contributed by atoms with Gasteiger partial charge in [0.1, 0.15) is 0 Å². The molecule has 0 amide bonds. The predicted octanol–water partition coefficient (Wildman–Crippen LogP) is 1.79. The number of benzene rings is 1. The van der Waals surface area contributed by atoms with E-state index in [0.29, 0.717) is 17.5 Å². The number of rotatable bonds is 4. The van der Waals surface area contributed by atoms with Crippen LogP contribution in [0.2, 0.25) is 0 Å². The summed E-state index contributed by atoms with van der Waals surface area (Å²) in [6.07, 6.45) is 5.77. The molecule has 1 aromatic rings. The molecule has 1 aliphatic rings. The van der Waals surface area contributed by atoms with Crippen LogP contribution in [0.25, 0.3) is 0 Å². The maximum atomic E-state index is 13.1. The Balaban J connectivity index is 2.67. The first-order valence-corrected chi connectivity index (χ1v) is 8.73. The average molecular weight is 340 g/mol. The zero-order valence-electron chi connectivity index (χ0n) is 13.6. The van der Waals surface area contributed by atoms with Crippen molar-refractivity contribution in [2.24, 2.45) is 0 Å². The molecule has 5 nitrogen and oxygen atoms in total. The van der Waals surface area contributed by atoms with E-state index in [-0.39, 0.29) is 5.75 Å². The summed E-state index contributed by atoms with van der Waals surface area (Å²) in [5.74, 6) is 2.61. The quantitative estimate of drug-likeness (QED) is 0.669. The van der Waals surface area contributed by atoms with E-state index >= 15 is 0 Å². The van der Waals surface area contributed by atoms with Crippen molar-refractivity contribution in [1.29, 1.82) is 0 Å². The summed E-state index contributed by atoms with van der Waals surface area (Å²) >= 11 is 0. The summed E-state index contributed by atoms with van der Waals surface area (Å²) in [6.45, 7) is 8.62. The molecular weight excluding hydrogens is 319 g/mol. The van der Waals surface area contributed by atoms with E-state index in [2.05, 4.69) is 20.3 Å². The van der Waals surface area contributed by atoms with Crippen molar-refractivity contribution in [1.82, 2.24) is 5.32 Å². The highest BCUT2D eigenvalue weighted by Gasteiger charge is 2.25. The molecule has 1 fully saturated rings. The van der Waals surface area contributed by atoms with Crippen LogP contribution >= 0.6 is 0 Å². The molecule has 1 aromatic carbocycles. The Morgan fingerprint density at radius 2 is 1.83 bits per heavy atom. The Kier molecular flexibility index (Phi) is 5.17. The zero-order valence-corrected chi connectivity index (χ0v) is 14.4. The van der Waals surface area contributed by atoms with Crippen LogP contribution < -0.4 is 14.4 Å². The minimum atomic E-state index is -5.10. The number of hydrogen-bond acceptors (Lipinski definition) is 5. The average Bonchev–Trinajstić information content (AvgIpc) is 2.48. The van der Waals surface area contributed by atoms with Gasteiger partial charge in [-0.3, -0.25) is 0 Å². The van der Waals surface area contributed by atoms with E-state index < -0.39 is 10.5 Å². The first kappa shape index (κ1) is 17.6. The van der Waals surface area contributed by atoms with Crippen LogP contribution in [0.5, 0.6) is 5.75 Å². The van der Waals surface area contributed by atoms with Gasteiger partial charge in [-0.05, 0) is 37.5 Å². The van der Waals surface area contributed by atoms with Gasteiger partial charge in [-0.25, -0.2) is 0 Å². The Labute approximate surface area is 137 Å². The molecule has 1 saturated heterocycles. The lowest BCUT2D eigenvalue weighted by atomic mass is 9.93. The largest absolute Gasteiger partial charge is 0.488 e. The first-order chi connectivity index (χ1) is 10.8. The van der Waals surface area contributed by atoms with Gasteiger partial charge in [0, 0.05) is 43.9 Å². The molecule has 1 heterocycles. The lowest BCUT2D eigenvalue weighted by Gasteiger charge is -2.33. The summed E-state index contributed by atoms with van der Waals surface area (Å²) in [4.78, 5) is 2.15. The van der Waals surface area contributed by atoms with Crippen molar-refractivity contribution in [2.75, 3.05) is 31.1 Å². The van der Waals surface area contributed by atoms with Gasteiger partial charge in [-0.1, -0.05) is 3.89 Å². The third-order valence-electron chi connectivity index (χ3n) is 4.19. The first-order valence-electron chi connectivity index (χ1n) is 7.42. The molecular formula is C16H21FN2O3S. The topological polar surface area (TPSA) is 58.6 Å². The number of anilines is 1. The van der Waals surface area contributed by atoms with Crippen LogP contribution in [0.4, 0.5) is 9.57 Å². The summed E-state index contributed by atoms with van der Waals surface area (Å²) < 4.78 is 39.7. The van der Waals surface area contributed by atoms with E-state index in [1.165, 1.54) is 0 Å². The molecule has 1 aliphatic heterocycles. The van der Waals surface area contributed by atoms with Crippen LogP contribution in [0.1, 0.15) is 22.3 Å². The van der Waals surface area contributed by atoms with Crippen molar-refractivity contribution in [2.45, 2.75) is 27.2 Å². The van der Waals surface area contributed by atoms with Crippen LogP contribution in [0, 0.1) is 33.1 Å². The molecule has 126 valence electrons. The molecule has 0 spiro atoms. The van der Waals surface area contributed by atoms with E-state index in [1.807, 2.05) is 6.92 Å². The van der Waals surface area contributed by atoms with Crippen LogP contribution in [0.3, 0.4) is 0 Å². The van der Waals surface area contributed by atoms with Gasteiger partial charge in [0.15, 0.2) is 5.75 Å². The summed E-state index contributed by atoms with van der Waals surface area (Å²) in [6, 6.07) is 0. The second kappa shape index (κ2) is 6.77. The van der Waals surface area contributed by atoms with E-state index in [0.717, 1.165) is 43.0 Å². The fraction of sp³-hybridized carbons (Fsp3) is 0.500. The van der Waals surface area contributed by atoms with Crippen molar-refractivity contribution < 1.29 is 16.5 Å². The zero-order chi connectivity index (χ0) is 17.2. The van der Waals surface area contributed by atoms with E-state index in [9.17, 15) is 12.3 Å². The normalized spacial score (nSPS) is 15.3. The highest BCUT2D eigenvalue weighted by molar-refractivity contribution is 7.81. The summed E-state index contributed by atoms with van der Waals surface area (Å²) in [5.41, 5.74) is 3.86. The lowest BCUT2D eigenvalue weighted by molar-refractivity contribution is 0.436. The molecule has 0 aliphatic carbocycles. The number of nitrogens with zero attached hydrogens (tertiary/aromatic N) is 1. The molecule has 0 radical (unpaired) electrons. The molecule has 0 unspecified atom stereocenters. The van der Waals surface area contributed by atoms with Gasteiger partial charge < -0.3 is 14.4 Å². The standard InChI is InChI=1S/C16H21FN2O3S/c1-5-6-14-11(2)15(19-9-7-18-8-10-19)13(4)16(12(14)3)22-23(17,20)21/h1,18H,6-10H2,2-4H3. The number of halogens is 1. The fourth-order valence-corrected chi connectivity index (χ4v) is 3.63. The highest BCUT2D eigenvalue weighted by atomic mass is 32.3. The second-order valence-electron chi connectivity index (χ2n) is 5.63. The Bertz CT molecular complexity index is 748. The maximum absolute atomic E-state index is 13.1. The minimum Gasteiger partial charge on any atom is -0.368 e. The second-order valence-corrected chi connectivity index (χ2v) is 6.58. The van der Waals surface area contributed by atoms with Crippen molar-refractivity contribution in [3.05, 3.63) is 22.3 Å². The Hall–Kier alpha value is -1.78. The fourth-order valence-electron chi connectivity index (χ4n) is 3.19. The third-order valence-corrected chi connectivity index (χ3v) is 4.56. The Morgan fingerprint density at radius 3 is 2.35 bits per heavy atom. The van der Waals surface area contributed by atoms with Gasteiger partial charge in [-0.15, -0.1) is 12.3 Å². The van der Waals surface area contributed by atoms with Gasteiger partial charge in [0.2, 0.25) is 0 Å². The molecule has 0 saturated carbocycles. The summed E-state index contributed by atoms with van der Waals surface area (Å²) in [5, 5.41) is 3.27. The van der Waals surface area contributed by atoms with Crippen LogP contribution in [0.15, 0.2) is 0 Å². The lowest BCUT2D eigenvalue weighted by Crippen LogP contribution is -2.44. The third kappa shape index (κ3) is 3.77. The van der Waals surface area contributed by atoms with Crippen molar-refractivity contribution >= 4 is 16.2 Å². The molecule has 0 atom stereocenters. The van der Waals surface area contributed by atoms with Gasteiger partial charge >= 0.3 is 10.5 Å². The molecule has 7 heteroatoms. The van der Waals surface area contributed by atoms with Gasteiger partial charge in [0.25, 0.3) is 0 Å². The molecule has 1 N–H and O–H groups in total. The smallest absolute Gasteiger partial charge is 0.368 e. The van der Waals surface area contributed by atoms with Gasteiger partial charge in [-0.2, -0.15) is 8.42 Å². The summed E-state index contributed by atoms with van der Waals surface area (Å²) in [7, 11) is -5.10. The SMILES string of the molecule is C#CCc1c(C)c(OS(=O)(=O)F)c(C)c(N2CCNCC2)c1C. The molecule has 0 aromatic heterocycles. The van der Waals surface area contributed by atoms with Crippen LogP contribution in [-0.2, 0) is 16.9 Å². The molecule has 23 heavy (non-hydrogen) atoms. The van der Waals surface area contributed by atoms with Crippen molar-refractivity contribution in [3.63, 3.8) is 0 Å². The molecule has 2 rings (SSSR count). The monoisotopic (exact) mass is 340 g/mol. The van der Waals surface area contributed by atoms with Crippen molar-refractivity contribution in [3.8, 4) is 18.1 Å². The number of terminal acetylenes is 1. The number of nitrogens with one attached hydrogen (secondary N) is 1. The van der Waals surface area contributed by atoms with E-state index in [1.54, 1.807) is 13.8 Å². The highest BCUT2D eigenvalue weighted by Crippen LogP contribution is 2.39. The Morgan fingerprint density at radius 1 is 1.22 bits per heavy atom. The minimum absolute atomic E-state index is 0.0388. The number of hydrogen-bond donors (Lipinski definition) is 1. The van der Waals surface area contributed by atoms with E-state index in [4.69, 9.17) is 6.42 Å². The van der Waals surface area contributed by atoms with Gasteiger partial charge in [0.05, 0.1) is 0 Å².